The standard InChI is InChI=1S/C15H12Cl3NO/c1-9-2-4-11(16)8-14(9)19-15(20)7-10-3-5-12(17)13(18)6-10/h2-6,8H,7H2,1H3,(H,19,20). The van der Waals surface area contributed by atoms with Crippen LogP contribution in [0.3, 0.4) is 0 Å². The third-order valence-electron chi connectivity index (χ3n) is 2.82. The fraction of sp³-hybridized carbons (Fsp3) is 0.133. The lowest BCUT2D eigenvalue weighted by Crippen LogP contribution is -2.15. The molecule has 0 unspecified atom stereocenters. The summed E-state index contributed by atoms with van der Waals surface area (Å²) in [6.45, 7) is 1.91. The van der Waals surface area contributed by atoms with Crippen LogP contribution in [0.2, 0.25) is 15.1 Å². The van der Waals surface area contributed by atoms with Crippen LogP contribution < -0.4 is 5.32 Å². The van der Waals surface area contributed by atoms with Gasteiger partial charge in [-0.1, -0.05) is 46.9 Å². The van der Waals surface area contributed by atoms with E-state index in [1.807, 2.05) is 13.0 Å². The number of anilines is 1. The summed E-state index contributed by atoms with van der Waals surface area (Å²) in [5.74, 6) is -0.131. The topological polar surface area (TPSA) is 29.1 Å². The van der Waals surface area contributed by atoms with E-state index in [0.29, 0.717) is 20.8 Å². The van der Waals surface area contributed by atoms with Gasteiger partial charge >= 0.3 is 0 Å². The van der Waals surface area contributed by atoms with Gasteiger partial charge in [0, 0.05) is 10.7 Å². The minimum absolute atomic E-state index is 0.131. The Morgan fingerprint density at radius 3 is 2.50 bits per heavy atom. The van der Waals surface area contributed by atoms with E-state index in [9.17, 15) is 4.79 Å². The molecular weight excluding hydrogens is 317 g/mol. The molecule has 0 saturated heterocycles. The number of benzene rings is 2. The Bertz CT molecular complexity index is 656. The summed E-state index contributed by atoms with van der Waals surface area (Å²) in [7, 11) is 0. The highest BCUT2D eigenvalue weighted by molar-refractivity contribution is 6.42. The van der Waals surface area contributed by atoms with Gasteiger partial charge in [0.15, 0.2) is 0 Å². The molecule has 2 rings (SSSR count). The van der Waals surface area contributed by atoms with Crippen LogP contribution in [0, 0.1) is 6.92 Å². The molecule has 5 heteroatoms. The number of nitrogens with one attached hydrogen (secondary N) is 1. The predicted octanol–water partition coefficient (Wildman–Crippen LogP) is 5.14. The molecule has 2 aromatic rings. The Labute approximate surface area is 132 Å². The molecule has 0 spiro atoms. The lowest BCUT2D eigenvalue weighted by Gasteiger charge is -2.09. The van der Waals surface area contributed by atoms with E-state index in [4.69, 9.17) is 34.8 Å². The highest BCUT2D eigenvalue weighted by Crippen LogP contribution is 2.23. The average molecular weight is 329 g/mol. The van der Waals surface area contributed by atoms with Gasteiger partial charge in [0.2, 0.25) is 5.91 Å². The van der Waals surface area contributed by atoms with Crippen LogP contribution in [0.5, 0.6) is 0 Å². The maximum absolute atomic E-state index is 12.0. The lowest BCUT2D eigenvalue weighted by atomic mass is 10.1. The van der Waals surface area contributed by atoms with Gasteiger partial charge in [-0.05, 0) is 42.3 Å². The number of carbonyl (C=O) groups is 1. The molecule has 104 valence electrons. The summed E-state index contributed by atoms with van der Waals surface area (Å²) in [4.78, 5) is 12.0. The quantitative estimate of drug-likeness (QED) is 0.830. The smallest absolute Gasteiger partial charge is 0.228 e. The van der Waals surface area contributed by atoms with E-state index in [2.05, 4.69) is 5.32 Å². The molecule has 0 aromatic heterocycles. The second kappa shape index (κ2) is 6.49. The van der Waals surface area contributed by atoms with Crippen molar-refractivity contribution in [2.75, 3.05) is 5.32 Å². The maximum Gasteiger partial charge on any atom is 0.228 e. The van der Waals surface area contributed by atoms with E-state index >= 15 is 0 Å². The zero-order valence-electron chi connectivity index (χ0n) is 10.7. The predicted molar refractivity (Wildman–Crippen MR) is 85.0 cm³/mol. The summed E-state index contributed by atoms with van der Waals surface area (Å²) in [6, 6.07) is 10.5. The monoisotopic (exact) mass is 327 g/mol. The van der Waals surface area contributed by atoms with Gasteiger partial charge in [0.1, 0.15) is 0 Å². The summed E-state index contributed by atoms with van der Waals surface area (Å²) in [6.07, 6.45) is 0.225. The molecule has 1 amide bonds. The van der Waals surface area contributed by atoms with Crippen LogP contribution >= 0.6 is 34.8 Å². The van der Waals surface area contributed by atoms with Crippen molar-refractivity contribution >= 4 is 46.4 Å². The largest absolute Gasteiger partial charge is 0.326 e. The van der Waals surface area contributed by atoms with Crippen molar-refractivity contribution in [2.45, 2.75) is 13.3 Å². The summed E-state index contributed by atoms with van der Waals surface area (Å²) in [5.41, 5.74) is 2.47. The maximum atomic E-state index is 12.0. The van der Waals surface area contributed by atoms with Crippen LogP contribution in [0.15, 0.2) is 36.4 Å². The Kier molecular flexibility index (Phi) is 4.92. The molecule has 0 aliphatic heterocycles. The Hall–Kier alpha value is -1.22. The van der Waals surface area contributed by atoms with Crippen LogP contribution in [-0.2, 0) is 11.2 Å². The zero-order valence-corrected chi connectivity index (χ0v) is 13.0. The molecular formula is C15H12Cl3NO. The van der Waals surface area contributed by atoms with Gasteiger partial charge in [-0.2, -0.15) is 0 Å². The fourth-order valence-electron chi connectivity index (χ4n) is 1.76. The van der Waals surface area contributed by atoms with Crippen molar-refractivity contribution in [3.8, 4) is 0 Å². The number of rotatable bonds is 3. The second-order valence-corrected chi connectivity index (χ2v) is 5.68. The number of amides is 1. The molecule has 0 atom stereocenters. The van der Waals surface area contributed by atoms with Crippen molar-refractivity contribution in [3.63, 3.8) is 0 Å². The first-order valence-electron chi connectivity index (χ1n) is 5.95. The molecule has 20 heavy (non-hydrogen) atoms. The van der Waals surface area contributed by atoms with Crippen molar-refractivity contribution in [2.24, 2.45) is 0 Å². The molecule has 2 aromatic carbocycles. The van der Waals surface area contributed by atoms with Crippen molar-refractivity contribution in [1.82, 2.24) is 0 Å². The van der Waals surface area contributed by atoms with Gasteiger partial charge in [0.05, 0.1) is 16.5 Å². The summed E-state index contributed by atoms with van der Waals surface area (Å²) >= 11 is 17.7. The third-order valence-corrected chi connectivity index (χ3v) is 3.80. The van der Waals surface area contributed by atoms with Crippen LogP contribution in [0.1, 0.15) is 11.1 Å². The normalized spacial score (nSPS) is 10.4. The van der Waals surface area contributed by atoms with E-state index in [1.165, 1.54) is 0 Å². The van der Waals surface area contributed by atoms with Crippen molar-refractivity contribution in [1.29, 1.82) is 0 Å². The van der Waals surface area contributed by atoms with E-state index in [-0.39, 0.29) is 12.3 Å². The molecule has 0 heterocycles. The van der Waals surface area contributed by atoms with Crippen molar-refractivity contribution < 1.29 is 4.79 Å². The number of halogens is 3. The number of carbonyl (C=O) groups excluding carboxylic acids is 1. The molecule has 1 N–H and O–H groups in total. The SMILES string of the molecule is Cc1ccc(Cl)cc1NC(=O)Cc1ccc(Cl)c(Cl)c1. The Balaban J connectivity index is 2.09. The van der Waals surface area contributed by atoms with E-state index in [1.54, 1.807) is 30.3 Å². The molecule has 0 radical (unpaired) electrons. The minimum Gasteiger partial charge on any atom is -0.326 e. The first kappa shape index (κ1) is 15.2. The molecule has 0 saturated carbocycles. The van der Waals surface area contributed by atoms with Crippen LogP contribution in [0.25, 0.3) is 0 Å². The van der Waals surface area contributed by atoms with Gasteiger partial charge < -0.3 is 5.32 Å². The highest BCUT2D eigenvalue weighted by Gasteiger charge is 2.08. The van der Waals surface area contributed by atoms with Gasteiger partial charge in [0.25, 0.3) is 0 Å². The van der Waals surface area contributed by atoms with E-state index in [0.717, 1.165) is 11.1 Å². The third kappa shape index (κ3) is 3.89. The van der Waals surface area contributed by atoms with Gasteiger partial charge in [-0.3, -0.25) is 4.79 Å². The van der Waals surface area contributed by atoms with Gasteiger partial charge in [-0.15, -0.1) is 0 Å². The minimum atomic E-state index is -0.131. The van der Waals surface area contributed by atoms with Crippen LogP contribution in [-0.4, -0.2) is 5.91 Å². The first-order valence-corrected chi connectivity index (χ1v) is 7.09. The zero-order chi connectivity index (χ0) is 14.7. The second-order valence-electron chi connectivity index (χ2n) is 4.43. The highest BCUT2D eigenvalue weighted by atomic mass is 35.5. The molecule has 0 aliphatic rings. The summed E-state index contributed by atoms with van der Waals surface area (Å²) in [5, 5.41) is 4.33. The molecule has 0 bridgehead atoms. The molecule has 0 fully saturated rings. The first-order chi connectivity index (χ1) is 9.45. The average Bonchev–Trinajstić information content (AvgIpc) is 2.38. The molecule has 0 aliphatic carbocycles. The number of aryl methyl sites for hydroxylation is 1. The fourth-order valence-corrected chi connectivity index (χ4v) is 2.25. The Morgan fingerprint density at radius 2 is 1.80 bits per heavy atom. The molecule has 2 nitrogen and oxygen atoms in total. The Morgan fingerprint density at radius 1 is 1.05 bits per heavy atom. The van der Waals surface area contributed by atoms with Crippen molar-refractivity contribution in [3.05, 3.63) is 62.6 Å². The number of hydrogen-bond donors (Lipinski definition) is 1. The number of hydrogen-bond acceptors (Lipinski definition) is 1. The van der Waals surface area contributed by atoms with Crippen LogP contribution in [0.4, 0.5) is 5.69 Å². The van der Waals surface area contributed by atoms with E-state index < -0.39 is 0 Å². The van der Waals surface area contributed by atoms with Gasteiger partial charge in [-0.25, -0.2) is 0 Å². The lowest BCUT2D eigenvalue weighted by molar-refractivity contribution is -0.115. The summed E-state index contributed by atoms with van der Waals surface area (Å²) < 4.78 is 0.